The maximum atomic E-state index is 11.9. The zero-order valence-corrected chi connectivity index (χ0v) is 14.9. The Morgan fingerprint density at radius 3 is 2.75 bits per heavy atom. The van der Waals surface area contributed by atoms with Gasteiger partial charge in [-0.05, 0) is 39.2 Å². The van der Waals surface area contributed by atoms with E-state index in [1.165, 1.54) is 38.4 Å². The van der Waals surface area contributed by atoms with Crippen molar-refractivity contribution < 1.29 is 9.21 Å². The Labute approximate surface area is 144 Å². The maximum absolute atomic E-state index is 11.9. The van der Waals surface area contributed by atoms with Crippen LogP contribution in [0.1, 0.15) is 61.6 Å². The Morgan fingerprint density at radius 2 is 2.08 bits per heavy atom. The van der Waals surface area contributed by atoms with Crippen LogP contribution in [0.4, 0.5) is 0 Å². The molecule has 0 spiro atoms. The Balaban J connectivity index is 1.69. The van der Waals surface area contributed by atoms with E-state index in [2.05, 4.69) is 27.9 Å². The normalized spacial score (nSPS) is 16.0. The predicted molar refractivity (Wildman–Crippen MR) is 96.4 cm³/mol. The second-order valence-electron chi connectivity index (χ2n) is 6.28. The van der Waals surface area contributed by atoms with Crippen LogP contribution < -0.4 is 16.0 Å². The van der Waals surface area contributed by atoms with Crippen LogP contribution in [0.2, 0.25) is 0 Å². The molecule has 0 aromatic carbocycles. The SMILES string of the molecule is CCNC(=NCCCNC(=O)c1occc1C)NC1CCCCC1. The summed E-state index contributed by atoms with van der Waals surface area (Å²) in [7, 11) is 0. The number of aliphatic imine (C=N–C) groups is 1. The van der Waals surface area contributed by atoms with Gasteiger partial charge in [-0.15, -0.1) is 0 Å². The lowest BCUT2D eigenvalue weighted by Crippen LogP contribution is -2.44. The van der Waals surface area contributed by atoms with Crippen LogP contribution in [-0.4, -0.2) is 37.5 Å². The molecule has 1 aromatic rings. The van der Waals surface area contributed by atoms with Crippen molar-refractivity contribution in [2.45, 2.75) is 58.4 Å². The molecule has 1 aromatic heterocycles. The second-order valence-corrected chi connectivity index (χ2v) is 6.28. The molecule has 2 rings (SSSR count). The van der Waals surface area contributed by atoms with Gasteiger partial charge in [0.25, 0.3) is 5.91 Å². The quantitative estimate of drug-likeness (QED) is 0.407. The van der Waals surface area contributed by atoms with Crippen LogP contribution >= 0.6 is 0 Å². The molecule has 6 heteroatoms. The lowest BCUT2D eigenvalue weighted by molar-refractivity contribution is 0.0925. The summed E-state index contributed by atoms with van der Waals surface area (Å²) in [5.41, 5.74) is 0.858. The molecule has 0 unspecified atom stereocenters. The minimum absolute atomic E-state index is 0.159. The Kier molecular flexibility index (Phi) is 7.65. The lowest BCUT2D eigenvalue weighted by atomic mass is 9.96. The van der Waals surface area contributed by atoms with Crippen molar-refractivity contribution in [2.75, 3.05) is 19.6 Å². The van der Waals surface area contributed by atoms with Gasteiger partial charge in [0.1, 0.15) is 0 Å². The van der Waals surface area contributed by atoms with E-state index in [9.17, 15) is 4.79 Å². The third-order valence-corrected chi connectivity index (χ3v) is 4.25. The molecule has 1 saturated carbocycles. The highest BCUT2D eigenvalue weighted by Gasteiger charge is 2.14. The topological polar surface area (TPSA) is 78.7 Å². The van der Waals surface area contributed by atoms with Crippen molar-refractivity contribution in [3.63, 3.8) is 0 Å². The van der Waals surface area contributed by atoms with E-state index in [-0.39, 0.29) is 5.91 Å². The molecule has 0 radical (unpaired) electrons. The van der Waals surface area contributed by atoms with Crippen LogP contribution in [0.15, 0.2) is 21.7 Å². The van der Waals surface area contributed by atoms with E-state index >= 15 is 0 Å². The molecule has 3 N–H and O–H groups in total. The van der Waals surface area contributed by atoms with E-state index in [1.54, 1.807) is 6.07 Å². The van der Waals surface area contributed by atoms with Crippen molar-refractivity contribution in [3.05, 3.63) is 23.7 Å². The third kappa shape index (κ3) is 5.91. The van der Waals surface area contributed by atoms with Crippen LogP contribution in [-0.2, 0) is 0 Å². The average molecular weight is 334 g/mol. The number of nitrogens with one attached hydrogen (secondary N) is 3. The highest BCUT2D eigenvalue weighted by atomic mass is 16.3. The number of guanidine groups is 1. The van der Waals surface area contributed by atoms with E-state index in [0.29, 0.717) is 24.9 Å². The largest absolute Gasteiger partial charge is 0.459 e. The van der Waals surface area contributed by atoms with Crippen molar-refractivity contribution in [1.29, 1.82) is 0 Å². The first-order valence-corrected chi connectivity index (χ1v) is 9.08. The summed E-state index contributed by atoms with van der Waals surface area (Å²) in [4.78, 5) is 16.5. The number of aryl methyl sites for hydroxylation is 1. The highest BCUT2D eigenvalue weighted by Crippen LogP contribution is 2.17. The fourth-order valence-electron chi connectivity index (χ4n) is 2.92. The number of nitrogens with zero attached hydrogens (tertiary/aromatic N) is 1. The molecule has 1 heterocycles. The first kappa shape index (κ1) is 18.4. The molecular weight excluding hydrogens is 304 g/mol. The molecule has 1 amide bonds. The van der Waals surface area contributed by atoms with Crippen molar-refractivity contribution in [3.8, 4) is 0 Å². The van der Waals surface area contributed by atoms with Crippen molar-refractivity contribution in [1.82, 2.24) is 16.0 Å². The summed E-state index contributed by atoms with van der Waals surface area (Å²) < 4.78 is 5.18. The Bertz CT molecular complexity index is 533. The summed E-state index contributed by atoms with van der Waals surface area (Å²) >= 11 is 0. The molecule has 1 fully saturated rings. The van der Waals surface area contributed by atoms with Crippen LogP contribution in [0.3, 0.4) is 0 Å². The van der Waals surface area contributed by atoms with Crippen molar-refractivity contribution in [2.24, 2.45) is 4.99 Å². The fraction of sp³-hybridized carbons (Fsp3) is 0.667. The molecule has 1 aliphatic rings. The summed E-state index contributed by atoms with van der Waals surface area (Å²) in [6, 6.07) is 2.33. The van der Waals surface area contributed by atoms with E-state index in [1.807, 2.05) is 6.92 Å². The molecular formula is C18H30N4O2. The number of carbonyl (C=O) groups is 1. The molecule has 0 atom stereocenters. The first-order chi connectivity index (χ1) is 11.7. The van der Waals surface area contributed by atoms with E-state index < -0.39 is 0 Å². The average Bonchev–Trinajstić information content (AvgIpc) is 3.01. The minimum Gasteiger partial charge on any atom is -0.459 e. The van der Waals surface area contributed by atoms with E-state index in [4.69, 9.17) is 4.42 Å². The molecule has 6 nitrogen and oxygen atoms in total. The third-order valence-electron chi connectivity index (χ3n) is 4.25. The van der Waals surface area contributed by atoms with Gasteiger partial charge in [0.15, 0.2) is 11.7 Å². The van der Waals surface area contributed by atoms with Gasteiger partial charge in [-0.3, -0.25) is 9.79 Å². The molecule has 0 saturated heterocycles. The summed E-state index contributed by atoms with van der Waals surface area (Å²) in [6.45, 7) is 6.06. The van der Waals surface area contributed by atoms with Crippen LogP contribution in [0.5, 0.6) is 0 Å². The van der Waals surface area contributed by atoms with Gasteiger partial charge in [-0.25, -0.2) is 0 Å². The number of carbonyl (C=O) groups excluding carboxylic acids is 1. The van der Waals surface area contributed by atoms with Gasteiger partial charge in [-0.1, -0.05) is 19.3 Å². The molecule has 0 bridgehead atoms. The summed E-state index contributed by atoms with van der Waals surface area (Å²) in [5.74, 6) is 1.12. The van der Waals surface area contributed by atoms with Crippen molar-refractivity contribution >= 4 is 11.9 Å². The van der Waals surface area contributed by atoms with Gasteiger partial charge < -0.3 is 20.4 Å². The van der Waals surface area contributed by atoms with Gasteiger partial charge in [-0.2, -0.15) is 0 Å². The molecule has 1 aliphatic carbocycles. The molecule has 0 aliphatic heterocycles. The van der Waals surface area contributed by atoms with Gasteiger partial charge in [0.05, 0.1) is 6.26 Å². The monoisotopic (exact) mass is 334 g/mol. The number of rotatable bonds is 7. The maximum Gasteiger partial charge on any atom is 0.287 e. The Hall–Kier alpha value is -1.98. The standard InChI is InChI=1S/C18H30N4O2/c1-3-19-18(22-15-8-5-4-6-9-15)21-12-7-11-20-17(23)16-14(2)10-13-24-16/h10,13,15H,3-9,11-12H2,1-2H3,(H,20,23)(H2,19,21,22). The van der Waals surface area contributed by atoms with Crippen LogP contribution in [0, 0.1) is 6.92 Å². The first-order valence-electron chi connectivity index (χ1n) is 9.08. The minimum atomic E-state index is -0.159. The number of amides is 1. The Morgan fingerprint density at radius 1 is 1.29 bits per heavy atom. The van der Waals surface area contributed by atoms with Gasteiger partial charge >= 0.3 is 0 Å². The highest BCUT2D eigenvalue weighted by molar-refractivity contribution is 5.92. The van der Waals surface area contributed by atoms with E-state index in [0.717, 1.165) is 24.5 Å². The van der Waals surface area contributed by atoms with Crippen LogP contribution in [0.25, 0.3) is 0 Å². The predicted octanol–water partition coefficient (Wildman–Crippen LogP) is 2.60. The number of hydrogen-bond donors (Lipinski definition) is 3. The summed E-state index contributed by atoms with van der Waals surface area (Å²) in [6.07, 6.45) is 8.73. The number of hydrogen-bond acceptors (Lipinski definition) is 3. The molecule has 24 heavy (non-hydrogen) atoms. The number of furan rings is 1. The summed E-state index contributed by atoms with van der Waals surface area (Å²) in [5, 5.41) is 9.69. The zero-order chi connectivity index (χ0) is 17.2. The smallest absolute Gasteiger partial charge is 0.287 e. The van der Waals surface area contributed by atoms with Gasteiger partial charge in [0.2, 0.25) is 0 Å². The fourth-order valence-corrected chi connectivity index (χ4v) is 2.92. The molecule has 134 valence electrons. The lowest BCUT2D eigenvalue weighted by Gasteiger charge is -2.24. The second kappa shape index (κ2) is 10.0. The van der Waals surface area contributed by atoms with Gasteiger partial charge in [0, 0.05) is 31.2 Å². The zero-order valence-electron chi connectivity index (χ0n) is 14.9.